The van der Waals surface area contributed by atoms with Gasteiger partial charge in [-0.05, 0) is 75.4 Å². The minimum atomic E-state index is -0.156. The molecule has 2 aromatic carbocycles. The van der Waals surface area contributed by atoms with Gasteiger partial charge in [-0.1, -0.05) is 11.3 Å². The van der Waals surface area contributed by atoms with Crippen molar-refractivity contribution in [2.75, 3.05) is 11.5 Å². The molecule has 6 nitrogen and oxygen atoms in total. The van der Waals surface area contributed by atoms with Crippen molar-refractivity contribution in [3.8, 4) is 11.5 Å². The fourth-order valence-corrected chi connectivity index (χ4v) is 4.15. The maximum Gasteiger partial charge on any atom is 0.260 e. The highest BCUT2D eigenvalue weighted by Crippen LogP contribution is 2.33. The number of benzene rings is 2. The molecule has 31 heavy (non-hydrogen) atoms. The Labute approximate surface area is 185 Å². The number of carbonyl (C=O) groups is 1. The second kappa shape index (κ2) is 9.22. The number of hydrogen-bond acceptors (Lipinski definition) is 6. The van der Waals surface area contributed by atoms with E-state index in [4.69, 9.17) is 18.9 Å². The number of hydrogen-bond donors (Lipinski definition) is 0. The molecule has 0 atom stereocenters. The molecule has 160 valence electrons. The van der Waals surface area contributed by atoms with Crippen molar-refractivity contribution in [2.45, 2.75) is 33.4 Å². The number of anilines is 1. The van der Waals surface area contributed by atoms with Crippen LogP contribution in [0.5, 0.6) is 11.5 Å². The Hall–Kier alpha value is -3.32. The molecule has 0 radical (unpaired) electrons. The molecular weight excluding hydrogens is 412 g/mol. The molecule has 0 aliphatic heterocycles. The van der Waals surface area contributed by atoms with Gasteiger partial charge in [0, 0.05) is 5.56 Å². The molecule has 7 heteroatoms. The van der Waals surface area contributed by atoms with Crippen LogP contribution in [0.25, 0.3) is 10.2 Å². The van der Waals surface area contributed by atoms with Crippen molar-refractivity contribution in [2.24, 2.45) is 0 Å². The van der Waals surface area contributed by atoms with Crippen molar-refractivity contribution in [3.63, 3.8) is 0 Å². The highest BCUT2D eigenvalue weighted by molar-refractivity contribution is 7.22. The molecule has 0 N–H and O–H groups in total. The molecule has 0 unspecified atom stereocenters. The Morgan fingerprint density at radius 2 is 1.90 bits per heavy atom. The van der Waals surface area contributed by atoms with Gasteiger partial charge in [-0.3, -0.25) is 9.69 Å². The van der Waals surface area contributed by atoms with E-state index in [1.165, 1.54) is 11.3 Å². The minimum absolute atomic E-state index is 0.0707. The number of rotatable bonds is 8. The highest BCUT2D eigenvalue weighted by atomic mass is 32.1. The summed E-state index contributed by atoms with van der Waals surface area (Å²) in [6.07, 6.45) is 1.67. The normalized spacial score (nSPS) is 11.1. The number of carbonyl (C=O) groups excluding carboxylic acids is 1. The van der Waals surface area contributed by atoms with Crippen molar-refractivity contribution in [1.82, 2.24) is 4.98 Å². The van der Waals surface area contributed by atoms with E-state index in [9.17, 15) is 4.79 Å². The largest absolute Gasteiger partial charge is 0.494 e. The van der Waals surface area contributed by atoms with Gasteiger partial charge >= 0.3 is 0 Å². The van der Waals surface area contributed by atoms with Gasteiger partial charge in [0.2, 0.25) is 0 Å². The summed E-state index contributed by atoms with van der Waals surface area (Å²) in [7, 11) is 0. The van der Waals surface area contributed by atoms with Crippen LogP contribution in [-0.2, 0) is 6.54 Å². The fourth-order valence-electron chi connectivity index (χ4n) is 3.15. The van der Waals surface area contributed by atoms with Gasteiger partial charge in [-0.2, -0.15) is 0 Å². The predicted molar refractivity (Wildman–Crippen MR) is 122 cm³/mol. The van der Waals surface area contributed by atoms with Crippen LogP contribution in [0.4, 0.5) is 5.13 Å². The van der Waals surface area contributed by atoms with Crippen molar-refractivity contribution in [3.05, 3.63) is 72.2 Å². The SMILES string of the molecule is CCOc1ccc2nc(N(Cc3ccco3)C(=O)c3ccc(OC(C)C)cc3)sc2c1. The molecule has 0 bridgehead atoms. The first-order valence-electron chi connectivity index (χ1n) is 10.2. The summed E-state index contributed by atoms with van der Waals surface area (Å²) in [6, 6.07) is 16.6. The zero-order chi connectivity index (χ0) is 21.8. The van der Waals surface area contributed by atoms with Gasteiger partial charge in [0.1, 0.15) is 17.3 Å². The molecule has 2 heterocycles. The molecule has 0 spiro atoms. The van der Waals surface area contributed by atoms with Gasteiger partial charge in [0.25, 0.3) is 5.91 Å². The smallest absolute Gasteiger partial charge is 0.260 e. The lowest BCUT2D eigenvalue weighted by atomic mass is 10.2. The third-order valence-corrected chi connectivity index (χ3v) is 5.54. The fraction of sp³-hybridized carbons (Fsp3) is 0.250. The number of thiazole rings is 1. The molecule has 4 rings (SSSR count). The third kappa shape index (κ3) is 4.88. The summed E-state index contributed by atoms with van der Waals surface area (Å²) < 4.78 is 17.7. The van der Waals surface area contributed by atoms with E-state index >= 15 is 0 Å². The van der Waals surface area contributed by atoms with E-state index in [2.05, 4.69) is 0 Å². The third-order valence-electron chi connectivity index (χ3n) is 4.50. The molecule has 1 amide bonds. The van der Waals surface area contributed by atoms with Crippen LogP contribution in [0.1, 0.15) is 36.9 Å². The zero-order valence-corrected chi connectivity index (χ0v) is 18.5. The zero-order valence-electron chi connectivity index (χ0n) is 17.7. The van der Waals surface area contributed by atoms with Crippen LogP contribution >= 0.6 is 11.3 Å². The molecule has 4 aromatic rings. The Bertz CT molecular complexity index is 1150. The summed E-state index contributed by atoms with van der Waals surface area (Å²) in [5, 5.41) is 0.604. The molecule has 0 fully saturated rings. The van der Waals surface area contributed by atoms with E-state index in [-0.39, 0.29) is 18.6 Å². The monoisotopic (exact) mass is 436 g/mol. The second-order valence-corrected chi connectivity index (χ2v) is 8.23. The van der Waals surface area contributed by atoms with Crippen LogP contribution < -0.4 is 14.4 Å². The van der Waals surface area contributed by atoms with Crippen LogP contribution in [0.3, 0.4) is 0 Å². The Kier molecular flexibility index (Phi) is 6.23. The number of fused-ring (bicyclic) bond motifs is 1. The molecule has 0 aliphatic carbocycles. The summed E-state index contributed by atoms with van der Waals surface area (Å²) in [4.78, 5) is 19.8. The van der Waals surface area contributed by atoms with Crippen molar-refractivity contribution >= 4 is 32.6 Å². The number of nitrogens with zero attached hydrogens (tertiary/aromatic N) is 2. The molecule has 0 aliphatic rings. The van der Waals surface area contributed by atoms with Crippen LogP contribution in [-0.4, -0.2) is 23.6 Å². The Morgan fingerprint density at radius 3 is 2.58 bits per heavy atom. The predicted octanol–water partition coefficient (Wildman–Crippen LogP) is 5.92. The van der Waals surface area contributed by atoms with Gasteiger partial charge in [0.15, 0.2) is 5.13 Å². The van der Waals surface area contributed by atoms with Crippen molar-refractivity contribution in [1.29, 1.82) is 0 Å². The van der Waals surface area contributed by atoms with Crippen LogP contribution in [0.2, 0.25) is 0 Å². The summed E-state index contributed by atoms with van der Waals surface area (Å²) in [6.45, 7) is 6.76. The quantitative estimate of drug-likeness (QED) is 0.343. The minimum Gasteiger partial charge on any atom is -0.494 e. The summed E-state index contributed by atoms with van der Waals surface area (Å²) >= 11 is 1.45. The van der Waals surface area contributed by atoms with E-state index in [1.807, 2.05) is 63.2 Å². The van der Waals surface area contributed by atoms with Crippen LogP contribution in [0, 0.1) is 0 Å². The van der Waals surface area contributed by atoms with Gasteiger partial charge in [-0.25, -0.2) is 4.98 Å². The first-order valence-corrected chi connectivity index (χ1v) is 11.0. The van der Waals surface area contributed by atoms with Gasteiger partial charge in [-0.15, -0.1) is 0 Å². The molecule has 2 aromatic heterocycles. The number of aromatic nitrogens is 1. The lowest BCUT2D eigenvalue weighted by Crippen LogP contribution is -2.30. The maximum atomic E-state index is 13.4. The Balaban J connectivity index is 1.67. The topological polar surface area (TPSA) is 64.8 Å². The van der Waals surface area contributed by atoms with E-state index in [1.54, 1.807) is 23.3 Å². The number of amides is 1. The van der Waals surface area contributed by atoms with Gasteiger partial charge in [0.05, 0.1) is 35.7 Å². The Morgan fingerprint density at radius 1 is 1.13 bits per heavy atom. The first kappa shape index (κ1) is 20.9. The molecular formula is C24H24N2O4S. The summed E-state index contributed by atoms with van der Waals surface area (Å²) in [5.74, 6) is 2.04. The van der Waals surface area contributed by atoms with Crippen molar-refractivity contribution < 1.29 is 18.7 Å². The summed E-state index contributed by atoms with van der Waals surface area (Å²) in [5.41, 5.74) is 1.37. The van der Waals surface area contributed by atoms with E-state index in [0.29, 0.717) is 23.1 Å². The van der Waals surface area contributed by atoms with Crippen LogP contribution in [0.15, 0.2) is 65.3 Å². The lowest BCUT2D eigenvalue weighted by Gasteiger charge is -2.19. The number of ether oxygens (including phenoxy) is 2. The average molecular weight is 437 g/mol. The number of furan rings is 1. The van der Waals surface area contributed by atoms with E-state index < -0.39 is 0 Å². The lowest BCUT2D eigenvalue weighted by molar-refractivity contribution is 0.0983. The standard InChI is InChI=1S/C24H24N2O4S/c1-4-28-19-11-12-21-22(14-19)31-24(25-21)26(15-20-6-5-13-29-20)23(27)17-7-9-18(10-8-17)30-16(2)3/h5-14,16H,4,15H2,1-3H3. The maximum absolute atomic E-state index is 13.4. The molecule has 0 saturated carbocycles. The van der Waals surface area contributed by atoms with E-state index in [0.717, 1.165) is 21.7 Å². The molecule has 0 saturated heterocycles. The average Bonchev–Trinajstić information content (AvgIpc) is 3.41. The second-order valence-electron chi connectivity index (χ2n) is 7.22. The first-order chi connectivity index (χ1) is 15.0. The highest BCUT2D eigenvalue weighted by Gasteiger charge is 2.23. The van der Waals surface area contributed by atoms with Gasteiger partial charge < -0.3 is 13.9 Å².